The van der Waals surface area contributed by atoms with Crippen LogP contribution < -0.4 is 5.32 Å². The maximum absolute atomic E-state index is 12.4. The van der Waals surface area contributed by atoms with Crippen molar-refractivity contribution in [1.29, 1.82) is 0 Å². The average Bonchev–Trinajstić information content (AvgIpc) is 3.16. The van der Waals surface area contributed by atoms with Gasteiger partial charge in [-0.05, 0) is 74.5 Å². The average molecular weight is 409 g/mol. The lowest BCUT2D eigenvalue weighted by molar-refractivity contribution is -0.120. The number of hydrogen-bond donors (Lipinski definition) is 1. The van der Waals surface area contributed by atoms with Gasteiger partial charge in [0.05, 0.1) is 5.25 Å². The summed E-state index contributed by atoms with van der Waals surface area (Å²) in [5.41, 5.74) is 0. The number of rotatable bonds is 7. The number of piperidine rings is 1. The largest absolute Gasteiger partial charge is 0.355 e. The minimum Gasteiger partial charge on any atom is -0.355 e. The molecular weight excluding hydrogens is 384 g/mol. The van der Waals surface area contributed by atoms with Crippen LogP contribution in [0.4, 0.5) is 0 Å². The minimum atomic E-state index is -0.102. The fraction of sp³-hybridized carbons (Fsp3) is 0.450. The molecule has 1 unspecified atom stereocenters. The maximum Gasteiger partial charge on any atom is 0.233 e. The summed E-state index contributed by atoms with van der Waals surface area (Å²) in [6.07, 6.45) is 2.31. The van der Waals surface area contributed by atoms with Crippen molar-refractivity contribution >= 4 is 40.6 Å². The van der Waals surface area contributed by atoms with Gasteiger partial charge in [-0.3, -0.25) is 9.69 Å². The first-order valence-electron chi connectivity index (χ1n) is 9.05. The number of hydrogen-bond acceptors (Lipinski definition) is 4. The van der Waals surface area contributed by atoms with E-state index < -0.39 is 0 Å². The predicted molar refractivity (Wildman–Crippen MR) is 112 cm³/mol. The smallest absolute Gasteiger partial charge is 0.233 e. The zero-order chi connectivity index (χ0) is 18.4. The predicted octanol–water partition coefficient (Wildman–Crippen LogP) is 4.91. The zero-order valence-corrected chi connectivity index (χ0v) is 17.4. The summed E-state index contributed by atoms with van der Waals surface area (Å²) in [7, 11) is 0. The van der Waals surface area contributed by atoms with Crippen LogP contribution in [0.1, 0.15) is 24.6 Å². The van der Waals surface area contributed by atoms with E-state index in [1.165, 1.54) is 4.88 Å². The van der Waals surface area contributed by atoms with Gasteiger partial charge in [0.2, 0.25) is 5.91 Å². The van der Waals surface area contributed by atoms with E-state index in [0.717, 1.165) is 48.9 Å². The van der Waals surface area contributed by atoms with Gasteiger partial charge in [0, 0.05) is 27.9 Å². The van der Waals surface area contributed by atoms with Crippen LogP contribution in [-0.2, 0) is 11.3 Å². The van der Waals surface area contributed by atoms with Crippen molar-refractivity contribution in [2.75, 3.05) is 19.6 Å². The molecule has 0 saturated carbocycles. The summed E-state index contributed by atoms with van der Waals surface area (Å²) in [4.78, 5) is 17.4. The van der Waals surface area contributed by atoms with Crippen molar-refractivity contribution < 1.29 is 4.79 Å². The third-order valence-electron chi connectivity index (χ3n) is 4.73. The second-order valence-corrected chi connectivity index (χ2v) is 9.64. The van der Waals surface area contributed by atoms with Crippen molar-refractivity contribution in [1.82, 2.24) is 10.2 Å². The third kappa shape index (κ3) is 6.02. The number of likely N-dealkylation sites (tertiary alicyclic amines) is 1. The molecule has 0 bridgehead atoms. The third-order valence-corrected chi connectivity index (χ3v) is 6.95. The first-order chi connectivity index (χ1) is 12.6. The molecule has 1 amide bonds. The molecule has 2 aromatic rings. The molecule has 26 heavy (non-hydrogen) atoms. The van der Waals surface area contributed by atoms with Gasteiger partial charge in [-0.2, -0.15) is 0 Å². The molecule has 1 aromatic heterocycles. The quantitative estimate of drug-likeness (QED) is 0.660. The Morgan fingerprint density at radius 1 is 1.31 bits per heavy atom. The highest BCUT2D eigenvalue weighted by Gasteiger charge is 2.21. The topological polar surface area (TPSA) is 32.3 Å². The first kappa shape index (κ1) is 19.7. The Balaban J connectivity index is 1.36. The number of carbonyl (C=O) groups is 1. The van der Waals surface area contributed by atoms with Gasteiger partial charge in [0.25, 0.3) is 0 Å². The Labute approximate surface area is 169 Å². The molecule has 6 heteroatoms. The summed E-state index contributed by atoms with van der Waals surface area (Å²) in [5, 5.41) is 5.90. The molecule has 1 aliphatic heterocycles. The monoisotopic (exact) mass is 408 g/mol. The van der Waals surface area contributed by atoms with Crippen LogP contribution >= 0.6 is 34.7 Å². The van der Waals surface area contributed by atoms with Gasteiger partial charge in [0.15, 0.2) is 0 Å². The van der Waals surface area contributed by atoms with Gasteiger partial charge >= 0.3 is 0 Å². The number of carbonyl (C=O) groups excluding carboxylic acids is 1. The summed E-state index contributed by atoms with van der Waals surface area (Å²) in [5.74, 6) is 0.706. The van der Waals surface area contributed by atoms with E-state index in [4.69, 9.17) is 11.6 Å². The molecule has 140 valence electrons. The molecule has 0 radical (unpaired) electrons. The summed E-state index contributed by atoms with van der Waals surface area (Å²) < 4.78 is 0. The van der Waals surface area contributed by atoms with E-state index in [1.807, 2.05) is 42.5 Å². The van der Waals surface area contributed by atoms with Crippen molar-refractivity contribution in [3.05, 3.63) is 51.7 Å². The normalized spacial score (nSPS) is 17.2. The number of benzene rings is 1. The lowest BCUT2D eigenvalue weighted by atomic mass is 9.96. The molecule has 1 saturated heterocycles. The van der Waals surface area contributed by atoms with Gasteiger partial charge < -0.3 is 5.32 Å². The lowest BCUT2D eigenvalue weighted by Gasteiger charge is -2.31. The Morgan fingerprint density at radius 2 is 2.04 bits per heavy atom. The van der Waals surface area contributed by atoms with Gasteiger partial charge in [-0.1, -0.05) is 17.7 Å². The number of thiophene rings is 1. The molecular formula is C20H25ClN2OS2. The number of amides is 1. The Kier molecular flexibility index (Phi) is 7.43. The molecule has 1 aliphatic rings. The Morgan fingerprint density at radius 3 is 2.69 bits per heavy atom. The van der Waals surface area contributed by atoms with Crippen LogP contribution in [0, 0.1) is 5.92 Å². The van der Waals surface area contributed by atoms with Crippen LogP contribution in [0.5, 0.6) is 0 Å². The molecule has 1 aromatic carbocycles. The first-order valence-corrected chi connectivity index (χ1v) is 11.2. The van der Waals surface area contributed by atoms with Crippen LogP contribution in [0.3, 0.4) is 0 Å². The maximum atomic E-state index is 12.4. The van der Waals surface area contributed by atoms with Crippen LogP contribution in [0.2, 0.25) is 5.02 Å². The molecule has 1 fully saturated rings. The fourth-order valence-corrected chi connectivity index (χ4v) is 4.90. The number of thioether (sulfide) groups is 1. The van der Waals surface area contributed by atoms with Crippen molar-refractivity contribution in [2.24, 2.45) is 5.92 Å². The number of nitrogens with one attached hydrogen (secondary N) is 1. The van der Waals surface area contributed by atoms with E-state index >= 15 is 0 Å². The molecule has 1 atom stereocenters. The molecule has 0 spiro atoms. The van der Waals surface area contributed by atoms with Crippen molar-refractivity contribution in [3.63, 3.8) is 0 Å². The lowest BCUT2D eigenvalue weighted by Crippen LogP contribution is -2.40. The minimum absolute atomic E-state index is 0.102. The number of halogens is 1. The summed E-state index contributed by atoms with van der Waals surface area (Å²) >= 11 is 9.30. The van der Waals surface area contributed by atoms with Crippen LogP contribution in [-0.4, -0.2) is 35.7 Å². The van der Waals surface area contributed by atoms with Crippen LogP contribution in [0.25, 0.3) is 0 Å². The standard InChI is InChI=1S/C20H25ClN2OS2/c1-15(26-18-6-4-17(21)5-7-18)20(24)22-13-16-8-10-23(11-9-16)14-19-3-2-12-25-19/h2-7,12,15-16H,8-11,13-14H2,1H3,(H,22,24). The highest BCUT2D eigenvalue weighted by atomic mass is 35.5. The van der Waals surface area contributed by atoms with Crippen LogP contribution in [0.15, 0.2) is 46.7 Å². The van der Waals surface area contributed by atoms with Gasteiger partial charge in [-0.15, -0.1) is 23.1 Å². The van der Waals surface area contributed by atoms with Crippen molar-refractivity contribution in [2.45, 2.75) is 36.5 Å². The van der Waals surface area contributed by atoms with E-state index in [2.05, 4.69) is 27.7 Å². The molecule has 0 aliphatic carbocycles. The van der Waals surface area contributed by atoms with Crippen molar-refractivity contribution in [3.8, 4) is 0 Å². The second-order valence-electron chi connectivity index (χ2n) is 6.76. The highest BCUT2D eigenvalue weighted by molar-refractivity contribution is 8.00. The summed E-state index contributed by atoms with van der Waals surface area (Å²) in [6.45, 7) is 6.04. The summed E-state index contributed by atoms with van der Waals surface area (Å²) in [6, 6.07) is 12.0. The molecule has 3 rings (SSSR count). The molecule has 2 heterocycles. The zero-order valence-electron chi connectivity index (χ0n) is 15.0. The van der Waals surface area contributed by atoms with Gasteiger partial charge in [-0.25, -0.2) is 0 Å². The van der Waals surface area contributed by atoms with Gasteiger partial charge in [0.1, 0.15) is 0 Å². The van der Waals surface area contributed by atoms with E-state index in [-0.39, 0.29) is 11.2 Å². The fourth-order valence-electron chi connectivity index (χ4n) is 3.13. The Bertz CT molecular complexity index is 682. The number of nitrogens with zero attached hydrogens (tertiary/aromatic N) is 1. The SMILES string of the molecule is CC(Sc1ccc(Cl)cc1)C(=O)NCC1CCN(Cc2cccs2)CC1. The van der Waals surface area contributed by atoms with E-state index in [0.29, 0.717) is 5.92 Å². The highest BCUT2D eigenvalue weighted by Crippen LogP contribution is 2.25. The van der Waals surface area contributed by atoms with E-state index in [9.17, 15) is 4.79 Å². The Hall–Kier alpha value is -1.01. The van der Waals surface area contributed by atoms with E-state index in [1.54, 1.807) is 11.8 Å². The second kappa shape index (κ2) is 9.79. The molecule has 3 nitrogen and oxygen atoms in total. The molecule has 1 N–H and O–H groups in total.